The van der Waals surface area contributed by atoms with E-state index in [0.29, 0.717) is 17.9 Å². The molecule has 0 aliphatic rings. The number of rotatable bonds is 7. The Morgan fingerprint density at radius 3 is 2.68 bits per heavy atom. The third-order valence-corrected chi connectivity index (χ3v) is 5.88. The molecule has 0 aliphatic carbocycles. The Balaban J connectivity index is 1.40. The van der Waals surface area contributed by atoms with Crippen LogP contribution in [0.25, 0.3) is 15.3 Å². The van der Waals surface area contributed by atoms with Gasteiger partial charge in [-0.2, -0.15) is 0 Å². The van der Waals surface area contributed by atoms with Crippen LogP contribution >= 0.6 is 11.3 Å². The lowest BCUT2D eigenvalue weighted by molar-refractivity contribution is -0.122. The van der Waals surface area contributed by atoms with Gasteiger partial charge in [0.05, 0.1) is 17.3 Å². The number of nitrogens with one attached hydrogen (secondary N) is 2. The van der Waals surface area contributed by atoms with Crippen LogP contribution in [0.4, 0.5) is 0 Å². The van der Waals surface area contributed by atoms with Gasteiger partial charge in [0, 0.05) is 30.1 Å². The van der Waals surface area contributed by atoms with Crippen LogP contribution in [0.15, 0.2) is 67.0 Å². The first kappa shape index (κ1) is 20.6. The van der Waals surface area contributed by atoms with Crippen LogP contribution < -0.4 is 15.4 Å². The summed E-state index contributed by atoms with van der Waals surface area (Å²) in [5.74, 6) is 0.127. The van der Waals surface area contributed by atoms with Gasteiger partial charge < -0.3 is 19.9 Å². The summed E-state index contributed by atoms with van der Waals surface area (Å²) in [4.78, 5) is 29.7. The first-order valence-electron chi connectivity index (χ1n) is 9.79. The predicted octanol–water partition coefficient (Wildman–Crippen LogP) is 3.53. The molecule has 8 heteroatoms. The van der Waals surface area contributed by atoms with Gasteiger partial charge in [0.1, 0.15) is 11.8 Å². The van der Waals surface area contributed by atoms with Crippen molar-refractivity contribution < 1.29 is 14.3 Å². The minimum atomic E-state index is -0.685. The van der Waals surface area contributed by atoms with Crippen LogP contribution in [-0.4, -0.2) is 34.5 Å². The fraction of sp³-hybridized carbons (Fsp3) is 0.174. The van der Waals surface area contributed by atoms with Gasteiger partial charge in [-0.15, -0.1) is 0 Å². The normalized spacial score (nSPS) is 11.8. The first-order chi connectivity index (χ1) is 15.0. The van der Waals surface area contributed by atoms with E-state index in [1.807, 2.05) is 59.4 Å². The second-order valence-electron chi connectivity index (χ2n) is 6.99. The number of ether oxygens (including phenoxy) is 1. The Morgan fingerprint density at radius 1 is 1.13 bits per heavy atom. The second kappa shape index (κ2) is 9.01. The molecule has 0 radical (unpaired) electrons. The fourth-order valence-corrected chi connectivity index (χ4v) is 4.13. The van der Waals surface area contributed by atoms with Crippen LogP contribution in [0.2, 0.25) is 0 Å². The maximum absolute atomic E-state index is 12.7. The summed E-state index contributed by atoms with van der Waals surface area (Å²) in [6.07, 6.45) is 3.85. The van der Waals surface area contributed by atoms with Gasteiger partial charge in [-0.1, -0.05) is 29.5 Å². The molecule has 4 aromatic rings. The van der Waals surface area contributed by atoms with E-state index < -0.39 is 6.04 Å². The number of methoxy groups -OCH3 is 1. The molecule has 0 fully saturated rings. The highest BCUT2D eigenvalue weighted by Gasteiger charge is 2.18. The van der Waals surface area contributed by atoms with E-state index >= 15 is 0 Å². The van der Waals surface area contributed by atoms with Gasteiger partial charge in [-0.3, -0.25) is 9.59 Å². The molecule has 31 heavy (non-hydrogen) atoms. The molecule has 0 saturated carbocycles. The average Bonchev–Trinajstić information content (AvgIpc) is 3.46. The zero-order chi connectivity index (χ0) is 21.8. The molecule has 4 rings (SSSR count). The number of carbonyl (C=O) groups excluding carboxylic acids is 2. The Hall–Kier alpha value is -3.65. The molecule has 7 nitrogen and oxygen atoms in total. The summed E-state index contributed by atoms with van der Waals surface area (Å²) in [6.45, 7) is 1.98. The van der Waals surface area contributed by atoms with Crippen molar-refractivity contribution in [2.45, 2.75) is 19.5 Å². The summed E-state index contributed by atoms with van der Waals surface area (Å²) >= 11 is 1.50. The minimum Gasteiger partial charge on any atom is -0.496 e. The number of hydrogen-bond donors (Lipinski definition) is 2. The highest BCUT2D eigenvalue weighted by atomic mass is 32.1. The number of hydrogen-bond acceptors (Lipinski definition) is 5. The number of aromatic nitrogens is 2. The van der Waals surface area contributed by atoms with Crippen LogP contribution in [0, 0.1) is 0 Å². The largest absolute Gasteiger partial charge is 0.496 e. The van der Waals surface area contributed by atoms with E-state index in [2.05, 4.69) is 15.6 Å². The molecule has 2 N–H and O–H groups in total. The molecule has 0 bridgehead atoms. The summed E-state index contributed by atoms with van der Waals surface area (Å²) in [7, 11) is 1.59. The third-order valence-electron chi connectivity index (χ3n) is 4.85. The highest BCUT2D eigenvalue weighted by molar-refractivity contribution is 7.20. The van der Waals surface area contributed by atoms with Crippen LogP contribution in [-0.2, 0) is 11.3 Å². The molecule has 2 heterocycles. The first-order valence-corrected chi connectivity index (χ1v) is 10.6. The van der Waals surface area contributed by atoms with Crippen molar-refractivity contribution in [2.75, 3.05) is 7.11 Å². The molecular formula is C23H22N4O3S. The molecule has 0 saturated heterocycles. The summed E-state index contributed by atoms with van der Waals surface area (Å²) in [5, 5.41) is 6.43. The third kappa shape index (κ3) is 4.59. The lowest BCUT2D eigenvalue weighted by Crippen LogP contribution is -2.44. The van der Waals surface area contributed by atoms with Crippen LogP contribution in [0.1, 0.15) is 22.8 Å². The van der Waals surface area contributed by atoms with Crippen molar-refractivity contribution in [1.29, 1.82) is 0 Å². The number of carbonyl (C=O) groups is 2. The number of amides is 2. The van der Waals surface area contributed by atoms with Crippen molar-refractivity contribution >= 4 is 33.4 Å². The fourth-order valence-electron chi connectivity index (χ4n) is 3.16. The molecule has 0 aliphatic heterocycles. The molecule has 2 aromatic heterocycles. The lowest BCUT2D eigenvalue weighted by Gasteiger charge is -2.15. The van der Waals surface area contributed by atoms with Gasteiger partial charge >= 0.3 is 0 Å². The zero-order valence-electron chi connectivity index (χ0n) is 17.2. The zero-order valence-corrected chi connectivity index (χ0v) is 18.0. The van der Waals surface area contributed by atoms with E-state index in [1.165, 1.54) is 11.3 Å². The second-order valence-corrected chi connectivity index (χ2v) is 8.00. The summed E-state index contributed by atoms with van der Waals surface area (Å²) < 4.78 is 8.13. The quantitative estimate of drug-likeness (QED) is 0.466. The van der Waals surface area contributed by atoms with Crippen LogP contribution in [0.5, 0.6) is 5.75 Å². The minimum absolute atomic E-state index is 0.270. The number of para-hydroxylation sites is 1. The molecule has 158 valence electrons. The predicted molar refractivity (Wildman–Crippen MR) is 121 cm³/mol. The van der Waals surface area contributed by atoms with Crippen molar-refractivity contribution in [3.8, 4) is 10.9 Å². The maximum Gasteiger partial charge on any atom is 0.251 e. The Bertz CT molecular complexity index is 1220. The van der Waals surface area contributed by atoms with Crippen molar-refractivity contribution in [3.05, 3.63) is 78.1 Å². The smallest absolute Gasteiger partial charge is 0.251 e. The van der Waals surface area contributed by atoms with Crippen molar-refractivity contribution in [1.82, 2.24) is 20.2 Å². The van der Waals surface area contributed by atoms with Gasteiger partial charge in [-0.05, 0) is 43.3 Å². The number of thiazole rings is 1. The van der Waals surface area contributed by atoms with E-state index in [-0.39, 0.29) is 11.8 Å². The van der Waals surface area contributed by atoms with E-state index in [4.69, 9.17) is 4.74 Å². The molecule has 2 amide bonds. The number of fused-ring (bicyclic) bond motifs is 1. The molecule has 0 unspecified atom stereocenters. The van der Waals surface area contributed by atoms with Gasteiger partial charge in [0.25, 0.3) is 5.91 Å². The SMILES string of the molecule is COc1ccccc1CNC(=O)[C@@H](C)NC(=O)c1ccc2nc(-n3cccc3)sc2c1. The molecular weight excluding hydrogens is 412 g/mol. The standard InChI is InChI=1S/C23H22N4O3S/c1-15(21(28)24-14-17-7-3-4-8-19(17)30-2)25-22(29)16-9-10-18-20(13-16)31-23(26-18)27-11-5-6-12-27/h3-13,15H,14H2,1-2H3,(H,24,28)(H,25,29)/t15-/m1/s1. The molecule has 0 spiro atoms. The van der Waals surface area contributed by atoms with Gasteiger partial charge in [0.15, 0.2) is 5.13 Å². The lowest BCUT2D eigenvalue weighted by atomic mass is 10.1. The summed E-state index contributed by atoms with van der Waals surface area (Å²) in [6, 6.07) is 16.0. The van der Waals surface area contributed by atoms with E-state index in [9.17, 15) is 9.59 Å². The topological polar surface area (TPSA) is 85.2 Å². The Morgan fingerprint density at radius 2 is 1.90 bits per heavy atom. The van der Waals surface area contributed by atoms with Crippen LogP contribution in [0.3, 0.4) is 0 Å². The molecule has 2 aromatic carbocycles. The number of benzene rings is 2. The van der Waals surface area contributed by atoms with E-state index in [0.717, 1.165) is 20.9 Å². The van der Waals surface area contributed by atoms with E-state index in [1.54, 1.807) is 26.2 Å². The van der Waals surface area contributed by atoms with Gasteiger partial charge in [0.2, 0.25) is 5.91 Å². The number of nitrogens with zero attached hydrogens (tertiary/aromatic N) is 2. The summed E-state index contributed by atoms with van der Waals surface area (Å²) in [5.41, 5.74) is 2.18. The Kier molecular flexibility index (Phi) is 5.99. The monoisotopic (exact) mass is 434 g/mol. The average molecular weight is 435 g/mol. The Labute approximate surface area is 183 Å². The molecule has 1 atom stereocenters. The highest BCUT2D eigenvalue weighted by Crippen LogP contribution is 2.26. The maximum atomic E-state index is 12.7. The van der Waals surface area contributed by atoms with Crippen molar-refractivity contribution in [3.63, 3.8) is 0 Å². The van der Waals surface area contributed by atoms with Crippen molar-refractivity contribution in [2.24, 2.45) is 0 Å². The van der Waals surface area contributed by atoms with Gasteiger partial charge in [-0.25, -0.2) is 4.98 Å².